The number of hydrogen-bond donors (Lipinski definition) is 1. The van der Waals surface area contributed by atoms with Gasteiger partial charge in [-0.15, -0.1) is 0 Å². The Morgan fingerprint density at radius 3 is 2.73 bits per heavy atom. The number of carbonyl (C=O) groups excluding carboxylic acids is 1. The van der Waals surface area contributed by atoms with Crippen molar-refractivity contribution in [2.24, 2.45) is 0 Å². The maximum atomic E-state index is 12.2. The number of likely N-dealkylation sites (tertiary alicyclic amines) is 1. The summed E-state index contributed by atoms with van der Waals surface area (Å²) in [6.45, 7) is 3.19. The molecule has 1 amide bonds. The zero-order valence-corrected chi connectivity index (χ0v) is 12.4. The van der Waals surface area contributed by atoms with E-state index in [2.05, 4.69) is 5.10 Å². The fourth-order valence-electron chi connectivity index (χ4n) is 2.56. The number of rotatable bonds is 3. The van der Waals surface area contributed by atoms with E-state index in [1.807, 2.05) is 6.92 Å². The summed E-state index contributed by atoms with van der Waals surface area (Å²) in [5.41, 5.74) is 5.79. The van der Waals surface area contributed by atoms with E-state index < -0.39 is 5.56 Å². The van der Waals surface area contributed by atoms with Crippen LogP contribution in [0.2, 0.25) is 0 Å². The maximum absolute atomic E-state index is 12.2. The SMILES string of the molecule is Cc1ccc(-c2cc(N)c(=O)n(CC(=O)N3CCCC3)n2)o1. The summed E-state index contributed by atoms with van der Waals surface area (Å²) in [7, 11) is 0. The highest BCUT2D eigenvalue weighted by Gasteiger charge is 2.20. The van der Waals surface area contributed by atoms with Crippen molar-refractivity contribution in [2.45, 2.75) is 26.3 Å². The zero-order valence-electron chi connectivity index (χ0n) is 12.4. The highest BCUT2D eigenvalue weighted by Crippen LogP contribution is 2.20. The number of nitrogens with zero attached hydrogens (tertiary/aromatic N) is 3. The summed E-state index contributed by atoms with van der Waals surface area (Å²) in [6.07, 6.45) is 2.00. The Kier molecular flexibility index (Phi) is 3.70. The van der Waals surface area contributed by atoms with E-state index in [0.717, 1.165) is 36.4 Å². The van der Waals surface area contributed by atoms with Crippen LogP contribution in [0, 0.1) is 6.92 Å². The van der Waals surface area contributed by atoms with E-state index in [9.17, 15) is 9.59 Å². The molecule has 0 bridgehead atoms. The summed E-state index contributed by atoms with van der Waals surface area (Å²) in [4.78, 5) is 26.0. The number of aryl methyl sites for hydroxylation is 1. The van der Waals surface area contributed by atoms with E-state index in [0.29, 0.717) is 11.5 Å². The summed E-state index contributed by atoms with van der Waals surface area (Å²) in [5, 5.41) is 4.21. The smallest absolute Gasteiger partial charge is 0.290 e. The molecule has 0 saturated carbocycles. The molecule has 0 aliphatic carbocycles. The Hall–Kier alpha value is -2.57. The number of hydrogen-bond acceptors (Lipinski definition) is 5. The average molecular weight is 302 g/mol. The van der Waals surface area contributed by atoms with Gasteiger partial charge in [0.25, 0.3) is 5.56 Å². The van der Waals surface area contributed by atoms with Gasteiger partial charge in [-0.1, -0.05) is 0 Å². The molecular formula is C15H18N4O3. The minimum atomic E-state index is -0.459. The third kappa shape index (κ3) is 2.74. The predicted octanol–water partition coefficient (Wildman–Crippen LogP) is 1.02. The van der Waals surface area contributed by atoms with Crippen molar-refractivity contribution >= 4 is 11.6 Å². The molecule has 116 valence electrons. The van der Waals surface area contributed by atoms with E-state index in [4.69, 9.17) is 10.2 Å². The first-order chi connectivity index (χ1) is 10.5. The Morgan fingerprint density at radius 2 is 2.09 bits per heavy atom. The summed E-state index contributed by atoms with van der Waals surface area (Å²) >= 11 is 0. The molecule has 7 heteroatoms. The molecule has 0 atom stereocenters. The van der Waals surface area contributed by atoms with Gasteiger partial charge in [-0.05, 0) is 38.0 Å². The number of anilines is 1. The lowest BCUT2D eigenvalue weighted by Crippen LogP contribution is -2.36. The third-order valence-electron chi connectivity index (χ3n) is 3.74. The quantitative estimate of drug-likeness (QED) is 0.913. The second-order valence-electron chi connectivity index (χ2n) is 5.45. The minimum Gasteiger partial charge on any atom is -0.460 e. The molecule has 1 aliphatic rings. The van der Waals surface area contributed by atoms with Gasteiger partial charge >= 0.3 is 0 Å². The van der Waals surface area contributed by atoms with Crippen molar-refractivity contribution in [1.82, 2.24) is 14.7 Å². The molecule has 0 unspecified atom stereocenters. The number of aromatic nitrogens is 2. The van der Waals surface area contributed by atoms with E-state index in [1.165, 1.54) is 6.07 Å². The van der Waals surface area contributed by atoms with Crippen LogP contribution in [0.5, 0.6) is 0 Å². The number of nitrogen functional groups attached to an aromatic ring is 1. The second kappa shape index (κ2) is 5.67. The Balaban J connectivity index is 1.91. The fraction of sp³-hybridized carbons (Fsp3) is 0.400. The van der Waals surface area contributed by atoms with E-state index >= 15 is 0 Å². The number of nitrogens with two attached hydrogens (primary N) is 1. The van der Waals surface area contributed by atoms with Crippen molar-refractivity contribution < 1.29 is 9.21 Å². The summed E-state index contributed by atoms with van der Waals surface area (Å²) in [6, 6.07) is 5.03. The van der Waals surface area contributed by atoms with Crippen LogP contribution in [-0.2, 0) is 11.3 Å². The van der Waals surface area contributed by atoms with E-state index in [-0.39, 0.29) is 18.1 Å². The van der Waals surface area contributed by atoms with Gasteiger partial charge in [-0.25, -0.2) is 4.68 Å². The van der Waals surface area contributed by atoms with Crippen LogP contribution in [-0.4, -0.2) is 33.7 Å². The Labute approximate surface area is 127 Å². The first-order valence-corrected chi connectivity index (χ1v) is 7.27. The van der Waals surface area contributed by atoms with Crippen LogP contribution >= 0.6 is 0 Å². The molecule has 0 spiro atoms. The normalized spacial score (nSPS) is 14.5. The van der Waals surface area contributed by atoms with Crippen LogP contribution in [0.1, 0.15) is 18.6 Å². The minimum absolute atomic E-state index is 0.0493. The zero-order chi connectivity index (χ0) is 15.7. The van der Waals surface area contributed by atoms with E-state index in [1.54, 1.807) is 17.0 Å². The first-order valence-electron chi connectivity index (χ1n) is 7.27. The first kappa shape index (κ1) is 14.4. The summed E-state index contributed by atoms with van der Waals surface area (Å²) < 4.78 is 6.61. The van der Waals surface area contributed by atoms with Gasteiger partial charge < -0.3 is 15.1 Å². The predicted molar refractivity (Wildman–Crippen MR) is 81.2 cm³/mol. The molecule has 2 N–H and O–H groups in total. The number of carbonyl (C=O) groups is 1. The average Bonchev–Trinajstić information content (AvgIpc) is 3.14. The van der Waals surface area contributed by atoms with Crippen molar-refractivity contribution in [1.29, 1.82) is 0 Å². The van der Waals surface area contributed by atoms with Gasteiger partial charge in [-0.2, -0.15) is 5.10 Å². The number of amides is 1. The van der Waals surface area contributed by atoms with Gasteiger partial charge in [0.05, 0.1) is 0 Å². The van der Waals surface area contributed by atoms with Gasteiger partial charge in [0.15, 0.2) is 5.76 Å². The van der Waals surface area contributed by atoms with Crippen LogP contribution < -0.4 is 11.3 Å². The lowest BCUT2D eigenvalue weighted by Gasteiger charge is -2.15. The molecule has 1 saturated heterocycles. The Morgan fingerprint density at radius 1 is 1.36 bits per heavy atom. The van der Waals surface area contributed by atoms with Crippen molar-refractivity contribution in [3.63, 3.8) is 0 Å². The van der Waals surface area contributed by atoms with Crippen molar-refractivity contribution in [3.8, 4) is 11.5 Å². The highest BCUT2D eigenvalue weighted by atomic mass is 16.3. The number of furan rings is 1. The molecular weight excluding hydrogens is 284 g/mol. The molecule has 3 rings (SSSR count). The monoisotopic (exact) mass is 302 g/mol. The second-order valence-corrected chi connectivity index (χ2v) is 5.45. The summed E-state index contributed by atoms with van der Waals surface area (Å²) in [5.74, 6) is 1.15. The van der Waals surface area contributed by atoms with Crippen molar-refractivity contribution in [2.75, 3.05) is 18.8 Å². The molecule has 1 aliphatic heterocycles. The standard InChI is InChI=1S/C15H18N4O3/c1-10-4-5-13(22-10)12-8-11(16)15(21)19(17-12)9-14(20)18-6-2-3-7-18/h4-5,8H,2-3,6-7,9,16H2,1H3. The molecule has 22 heavy (non-hydrogen) atoms. The molecule has 2 aromatic heterocycles. The van der Waals surface area contributed by atoms with Crippen molar-refractivity contribution in [3.05, 3.63) is 34.3 Å². The third-order valence-corrected chi connectivity index (χ3v) is 3.74. The van der Waals surface area contributed by atoms with Gasteiger partial charge in [0.1, 0.15) is 23.7 Å². The van der Waals surface area contributed by atoms with Crippen LogP contribution in [0.15, 0.2) is 27.4 Å². The van der Waals surface area contributed by atoms with Crippen LogP contribution in [0.25, 0.3) is 11.5 Å². The van der Waals surface area contributed by atoms with Gasteiger partial charge in [0.2, 0.25) is 5.91 Å². The molecule has 2 aromatic rings. The largest absolute Gasteiger partial charge is 0.460 e. The molecule has 1 fully saturated rings. The molecule has 0 radical (unpaired) electrons. The van der Waals surface area contributed by atoms with Crippen LogP contribution in [0.3, 0.4) is 0 Å². The lowest BCUT2D eigenvalue weighted by atomic mass is 10.3. The molecule has 3 heterocycles. The fourth-order valence-corrected chi connectivity index (χ4v) is 2.56. The maximum Gasteiger partial charge on any atom is 0.290 e. The Bertz CT molecular complexity index is 756. The lowest BCUT2D eigenvalue weighted by molar-refractivity contribution is -0.131. The van der Waals surface area contributed by atoms with Gasteiger partial charge in [0, 0.05) is 13.1 Å². The molecule has 7 nitrogen and oxygen atoms in total. The molecule has 0 aromatic carbocycles. The van der Waals surface area contributed by atoms with Gasteiger partial charge in [-0.3, -0.25) is 9.59 Å². The van der Waals surface area contributed by atoms with Crippen LogP contribution in [0.4, 0.5) is 5.69 Å². The highest BCUT2D eigenvalue weighted by molar-refractivity contribution is 5.76. The topological polar surface area (TPSA) is 94.4 Å².